The minimum Gasteiger partial charge on any atom is -0.397 e. The Morgan fingerprint density at radius 2 is 2.20 bits per heavy atom. The lowest BCUT2D eigenvalue weighted by molar-refractivity contribution is -0.201. The van der Waals surface area contributed by atoms with Crippen molar-refractivity contribution >= 4 is 32.3 Å². The molecule has 0 aliphatic carbocycles. The molecule has 0 aliphatic rings. The molecule has 0 spiro atoms. The highest BCUT2D eigenvalue weighted by atomic mass is 35.7. The molecule has 1 amide bonds. The van der Waals surface area contributed by atoms with Crippen LogP contribution in [0.4, 0.5) is 18.9 Å². The van der Waals surface area contributed by atoms with Gasteiger partial charge in [0.15, 0.2) is 11.8 Å². The van der Waals surface area contributed by atoms with Gasteiger partial charge in [-0.1, -0.05) is 0 Å². The zero-order chi connectivity index (χ0) is 15.5. The van der Waals surface area contributed by atoms with E-state index in [1.54, 1.807) is 0 Å². The summed E-state index contributed by atoms with van der Waals surface area (Å²) in [6, 6.07) is 1.12. The van der Waals surface area contributed by atoms with Gasteiger partial charge in [-0.15, -0.1) is 0 Å². The van der Waals surface area contributed by atoms with Crippen molar-refractivity contribution in [2.45, 2.75) is 17.2 Å². The zero-order valence-corrected chi connectivity index (χ0v) is 11.2. The van der Waals surface area contributed by atoms with Gasteiger partial charge in [-0.25, -0.2) is 9.19 Å². The highest BCUT2D eigenvalue weighted by molar-refractivity contribution is 8.08. The summed E-state index contributed by atoms with van der Waals surface area (Å²) in [5, 5.41) is 10.6. The second-order valence-corrected chi connectivity index (χ2v) is 5.36. The maximum atomic E-state index is 12.0. The summed E-state index contributed by atoms with van der Waals surface area (Å²) in [4.78, 5) is 15.2. The van der Waals surface area contributed by atoms with Crippen LogP contribution in [0.2, 0.25) is 0 Å². The minimum atomic E-state index is -4.84. The lowest BCUT2D eigenvalue weighted by Crippen LogP contribution is -2.41. The highest BCUT2D eigenvalue weighted by Gasteiger charge is 2.38. The Labute approximate surface area is 118 Å². The zero-order valence-electron chi connectivity index (χ0n) is 9.65. The molecule has 0 saturated carbocycles. The van der Waals surface area contributed by atoms with Crippen LogP contribution < -0.4 is 11.1 Å². The molecule has 1 heterocycles. The second-order valence-electron chi connectivity index (χ2n) is 3.60. The Balaban J connectivity index is 2.76. The van der Waals surface area contributed by atoms with Crippen molar-refractivity contribution in [3.05, 3.63) is 18.0 Å². The van der Waals surface area contributed by atoms with E-state index in [4.69, 9.17) is 21.5 Å². The Morgan fingerprint density at radius 1 is 1.60 bits per heavy atom. The van der Waals surface area contributed by atoms with E-state index in [9.17, 15) is 22.2 Å². The Hall–Kier alpha value is -1.39. The monoisotopic (exact) mass is 331 g/mol. The smallest absolute Gasteiger partial charge is 0.397 e. The van der Waals surface area contributed by atoms with Crippen molar-refractivity contribution in [2.75, 3.05) is 12.3 Å². The van der Waals surface area contributed by atoms with Gasteiger partial charge in [-0.05, 0) is 16.7 Å². The number of aliphatic hydroxyl groups excluding tert-OH is 1. The first-order valence-electron chi connectivity index (χ1n) is 4.99. The molecule has 11 heteroatoms. The molecule has 0 aromatic carbocycles. The predicted octanol–water partition coefficient (Wildman–Crippen LogP) is 0.578. The molecular weight excluding hydrogens is 323 g/mol. The van der Waals surface area contributed by atoms with Gasteiger partial charge in [0.25, 0.3) is 5.91 Å². The molecule has 1 aromatic rings. The number of anilines is 1. The van der Waals surface area contributed by atoms with Crippen molar-refractivity contribution in [2.24, 2.45) is 0 Å². The van der Waals surface area contributed by atoms with E-state index in [0.717, 1.165) is 12.3 Å². The first kappa shape index (κ1) is 16.7. The molecule has 0 fully saturated rings. The fourth-order valence-electron chi connectivity index (χ4n) is 1.13. The molecule has 4 N–H and O–H groups in total. The number of alkyl halides is 3. The van der Waals surface area contributed by atoms with Gasteiger partial charge in [0.05, 0.1) is 17.1 Å². The number of hydrogen-bond donors (Lipinski definition) is 3. The fraction of sp³-hybridized carbons (Fsp3) is 0.333. The van der Waals surface area contributed by atoms with Crippen LogP contribution in [-0.2, 0) is 10.0 Å². The molecule has 1 rings (SSSR count). The lowest BCUT2D eigenvalue weighted by atomic mass is 10.2. The first-order valence-corrected chi connectivity index (χ1v) is 6.97. The average molecular weight is 332 g/mol. The maximum Gasteiger partial charge on any atom is 0.416 e. The summed E-state index contributed by atoms with van der Waals surface area (Å²) in [7, 11) is 3.40. The Kier molecular flexibility index (Phi) is 5.31. The number of aliphatic hydroxyl groups is 1. The number of halogens is 4. The molecule has 0 aliphatic heterocycles. The molecule has 0 bridgehead atoms. The number of nitrogens with zero attached hydrogens (tertiary/aromatic N) is 1. The molecule has 2 atom stereocenters. The van der Waals surface area contributed by atoms with Gasteiger partial charge < -0.3 is 16.2 Å². The van der Waals surface area contributed by atoms with E-state index in [0.29, 0.717) is 0 Å². The van der Waals surface area contributed by atoms with Gasteiger partial charge >= 0.3 is 6.18 Å². The SMILES string of the molecule is Nc1cc(S(=O)Cl)cnc1C(=O)NCC(O)C(F)(F)F. The lowest BCUT2D eigenvalue weighted by Gasteiger charge is -2.15. The van der Waals surface area contributed by atoms with Crippen LogP contribution in [0.5, 0.6) is 0 Å². The number of rotatable bonds is 4. The van der Waals surface area contributed by atoms with Crippen molar-refractivity contribution < 1.29 is 27.3 Å². The molecule has 0 radical (unpaired) electrons. The van der Waals surface area contributed by atoms with Crippen molar-refractivity contribution in [1.82, 2.24) is 10.3 Å². The van der Waals surface area contributed by atoms with Crippen molar-refractivity contribution in [1.29, 1.82) is 0 Å². The number of pyridine rings is 1. The van der Waals surface area contributed by atoms with Crippen molar-refractivity contribution in [3.63, 3.8) is 0 Å². The minimum absolute atomic E-state index is 0.0519. The normalized spacial score (nSPS) is 14.7. The summed E-state index contributed by atoms with van der Waals surface area (Å²) in [6.45, 7) is -1.04. The highest BCUT2D eigenvalue weighted by Crippen LogP contribution is 2.20. The third kappa shape index (κ3) is 4.32. The largest absolute Gasteiger partial charge is 0.416 e. The fourth-order valence-corrected chi connectivity index (χ4v) is 1.74. The number of aromatic nitrogens is 1. The quantitative estimate of drug-likeness (QED) is 0.700. The van der Waals surface area contributed by atoms with E-state index in [1.807, 2.05) is 5.32 Å². The molecule has 2 unspecified atom stereocenters. The average Bonchev–Trinajstić information content (AvgIpc) is 2.33. The first-order chi connectivity index (χ1) is 9.12. The van der Waals surface area contributed by atoms with E-state index in [-0.39, 0.29) is 16.3 Å². The summed E-state index contributed by atoms with van der Waals surface area (Å²) in [6.07, 6.45) is -6.53. The van der Waals surface area contributed by atoms with E-state index in [2.05, 4.69) is 4.98 Å². The van der Waals surface area contributed by atoms with Crippen LogP contribution in [0.15, 0.2) is 17.2 Å². The number of amides is 1. The molecule has 6 nitrogen and oxygen atoms in total. The van der Waals surface area contributed by atoms with E-state index in [1.165, 1.54) is 0 Å². The van der Waals surface area contributed by atoms with Crippen LogP contribution in [0.1, 0.15) is 10.5 Å². The number of carbonyl (C=O) groups is 1. The van der Waals surface area contributed by atoms with Gasteiger partial charge in [-0.2, -0.15) is 13.2 Å². The van der Waals surface area contributed by atoms with Gasteiger partial charge in [0.1, 0.15) is 10.0 Å². The predicted molar refractivity (Wildman–Crippen MR) is 65.3 cm³/mol. The number of carbonyl (C=O) groups excluding carboxylic acids is 1. The van der Waals surface area contributed by atoms with Gasteiger partial charge in [0, 0.05) is 6.20 Å². The van der Waals surface area contributed by atoms with E-state index >= 15 is 0 Å². The third-order valence-electron chi connectivity index (χ3n) is 2.13. The van der Waals surface area contributed by atoms with Crippen LogP contribution >= 0.6 is 10.7 Å². The number of nitrogens with two attached hydrogens (primary N) is 1. The third-order valence-corrected chi connectivity index (χ3v) is 3.25. The van der Waals surface area contributed by atoms with Crippen LogP contribution in [0, 0.1) is 0 Å². The standard InChI is InChI=1S/C9H9ClF3N3O3S/c10-20(19)4-1-5(14)7(15-2-4)8(18)16-3-6(17)9(11,12)13/h1-2,6,17H,3,14H2,(H,16,18). The number of hydrogen-bond acceptors (Lipinski definition) is 5. The molecule has 0 saturated heterocycles. The maximum absolute atomic E-state index is 12.0. The van der Waals surface area contributed by atoms with Crippen LogP contribution in [-0.4, -0.2) is 39.0 Å². The molecule has 1 aromatic heterocycles. The molecule has 112 valence electrons. The Morgan fingerprint density at radius 3 is 2.65 bits per heavy atom. The van der Waals surface area contributed by atoms with E-state index < -0.39 is 34.7 Å². The van der Waals surface area contributed by atoms with Crippen molar-refractivity contribution in [3.8, 4) is 0 Å². The topological polar surface area (TPSA) is 105 Å². The summed E-state index contributed by atoms with van der Waals surface area (Å²) in [5.74, 6) is -1.00. The van der Waals surface area contributed by atoms with Crippen LogP contribution in [0.25, 0.3) is 0 Å². The number of nitrogen functional groups attached to an aromatic ring is 1. The van der Waals surface area contributed by atoms with Gasteiger partial charge in [-0.3, -0.25) is 4.79 Å². The van der Waals surface area contributed by atoms with Gasteiger partial charge in [0.2, 0.25) is 0 Å². The summed E-state index contributed by atoms with van der Waals surface area (Å²) < 4.78 is 47.0. The summed E-state index contributed by atoms with van der Waals surface area (Å²) >= 11 is 0. The molecular formula is C9H9ClF3N3O3S. The second kappa shape index (κ2) is 6.37. The Bertz CT molecular complexity index is 541. The summed E-state index contributed by atoms with van der Waals surface area (Å²) in [5.41, 5.74) is 4.90. The number of nitrogens with one attached hydrogen (secondary N) is 1. The molecule has 20 heavy (non-hydrogen) atoms. The van der Waals surface area contributed by atoms with Crippen LogP contribution in [0.3, 0.4) is 0 Å².